The highest BCUT2D eigenvalue weighted by Crippen LogP contribution is 2.11. The summed E-state index contributed by atoms with van der Waals surface area (Å²) in [6.07, 6.45) is -0.843. The molecule has 0 saturated carbocycles. The molecule has 0 aliphatic rings. The average Bonchev–Trinajstić information content (AvgIpc) is 2.79. The summed E-state index contributed by atoms with van der Waals surface area (Å²) < 4.78 is 0. The molecule has 12 heteroatoms. The molecule has 3 amide bonds. The number of carbonyl (C=O) groups excluding carboxylic acids is 3. The SMILES string of the molecule is CCC(C)C(NC(=O)C(NC(=O)C(CO)NC(=O)C(N)Cc1ccc(O)cc1)C(C)O)C(=O)O. The van der Waals surface area contributed by atoms with Crippen molar-refractivity contribution in [3.8, 4) is 5.75 Å². The normalized spacial score (nSPS) is 16.3. The van der Waals surface area contributed by atoms with Gasteiger partial charge < -0.3 is 42.1 Å². The van der Waals surface area contributed by atoms with E-state index in [1.807, 2.05) is 0 Å². The monoisotopic (exact) mass is 482 g/mol. The number of benzene rings is 1. The highest BCUT2D eigenvalue weighted by Gasteiger charge is 2.33. The van der Waals surface area contributed by atoms with Gasteiger partial charge in [-0.05, 0) is 37.0 Å². The van der Waals surface area contributed by atoms with Crippen molar-refractivity contribution in [2.45, 2.75) is 63.9 Å². The Bertz CT molecular complexity index is 846. The Morgan fingerprint density at radius 2 is 1.50 bits per heavy atom. The fraction of sp³-hybridized carbons (Fsp3) is 0.545. The number of carbonyl (C=O) groups is 4. The van der Waals surface area contributed by atoms with Crippen LogP contribution in [0.5, 0.6) is 5.75 Å². The van der Waals surface area contributed by atoms with Crippen molar-refractivity contribution in [2.24, 2.45) is 11.7 Å². The van der Waals surface area contributed by atoms with Crippen molar-refractivity contribution in [1.29, 1.82) is 0 Å². The summed E-state index contributed by atoms with van der Waals surface area (Å²) in [5, 5.41) is 45.0. The minimum atomic E-state index is -1.53. The number of rotatable bonds is 13. The van der Waals surface area contributed by atoms with Crippen molar-refractivity contribution < 1.29 is 39.6 Å². The van der Waals surface area contributed by atoms with Crippen LogP contribution < -0.4 is 21.7 Å². The molecule has 0 aliphatic heterocycles. The summed E-state index contributed by atoms with van der Waals surface area (Å²) in [7, 11) is 0. The first kappa shape index (κ1) is 28.8. The molecule has 0 fully saturated rings. The first-order valence-electron chi connectivity index (χ1n) is 10.9. The molecule has 1 aromatic carbocycles. The smallest absolute Gasteiger partial charge is 0.326 e. The summed E-state index contributed by atoms with van der Waals surface area (Å²) in [6.45, 7) is 3.79. The van der Waals surface area contributed by atoms with E-state index in [-0.39, 0.29) is 12.2 Å². The molecule has 1 aromatic rings. The number of carboxylic acid groups (broad SMARTS) is 1. The Morgan fingerprint density at radius 1 is 0.941 bits per heavy atom. The lowest BCUT2D eigenvalue weighted by molar-refractivity contribution is -0.144. The number of amides is 3. The predicted molar refractivity (Wildman–Crippen MR) is 121 cm³/mol. The van der Waals surface area contributed by atoms with Gasteiger partial charge in [0.15, 0.2) is 0 Å². The number of aliphatic hydroxyl groups excluding tert-OH is 2. The molecular formula is C22H34N4O8. The lowest BCUT2D eigenvalue weighted by Crippen LogP contribution is -2.61. The van der Waals surface area contributed by atoms with Crippen molar-refractivity contribution in [2.75, 3.05) is 6.61 Å². The predicted octanol–water partition coefficient (Wildman–Crippen LogP) is -1.78. The Kier molecular flexibility index (Phi) is 11.4. The maximum absolute atomic E-state index is 12.6. The van der Waals surface area contributed by atoms with E-state index in [1.165, 1.54) is 19.1 Å². The van der Waals surface area contributed by atoms with Crippen LogP contribution in [-0.2, 0) is 25.6 Å². The average molecular weight is 483 g/mol. The van der Waals surface area contributed by atoms with E-state index in [0.717, 1.165) is 0 Å². The van der Waals surface area contributed by atoms with Gasteiger partial charge in [-0.2, -0.15) is 0 Å². The number of aliphatic carboxylic acids is 1. The minimum absolute atomic E-state index is 0.0503. The van der Waals surface area contributed by atoms with Crippen LogP contribution in [0.1, 0.15) is 32.8 Å². The lowest BCUT2D eigenvalue weighted by atomic mass is 9.98. The number of nitrogens with two attached hydrogens (primary N) is 1. The topological polar surface area (TPSA) is 211 Å². The maximum atomic E-state index is 12.6. The van der Waals surface area contributed by atoms with Crippen molar-refractivity contribution in [3.63, 3.8) is 0 Å². The zero-order valence-electron chi connectivity index (χ0n) is 19.4. The third kappa shape index (κ3) is 8.61. The highest BCUT2D eigenvalue weighted by molar-refractivity contribution is 5.94. The van der Waals surface area contributed by atoms with Crippen LogP contribution in [0.3, 0.4) is 0 Å². The number of carboxylic acids is 1. The van der Waals surface area contributed by atoms with E-state index < -0.39 is 66.5 Å². The maximum Gasteiger partial charge on any atom is 0.326 e. The van der Waals surface area contributed by atoms with E-state index >= 15 is 0 Å². The van der Waals surface area contributed by atoms with Gasteiger partial charge in [-0.25, -0.2) is 4.79 Å². The van der Waals surface area contributed by atoms with Gasteiger partial charge in [-0.3, -0.25) is 14.4 Å². The lowest BCUT2D eigenvalue weighted by Gasteiger charge is -2.27. The molecule has 0 saturated heterocycles. The molecule has 9 N–H and O–H groups in total. The first-order valence-corrected chi connectivity index (χ1v) is 10.9. The van der Waals surface area contributed by atoms with Crippen molar-refractivity contribution in [1.82, 2.24) is 16.0 Å². The Morgan fingerprint density at radius 3 is 1.97 bits per heavy atom. The summed E-state index contributed by atoms with van der Waals surface area (Å²) in [4.78, 5) is 49.0. The van der Waals surface area contributed by atoms with Crippen molar-refractivity contribution in [3.05, 3.63) is 29.8 Å². The first-order chi connectivity index (χ1) is 15.9. The molecule has 0 spiro atoms. The molecule has 190 valence electrons. The van der Waals surface area contributed by atoms with Gasteiger partial charge in [0.05, 0.1) is 18.8 Å². The van der Waals surface area contributed by atoms with Crippen LogP contribution in [-0.4, -0.2) is 81.0 Å². The number of aliphatic hydroxyl groups is 2. The molecule has 12 nitrogen and oxygen atoms in total. The minimum Gasteiger partial charge on any atom is -0.508 e. The van der Waals surface area contributed by atoms with Crippen LogP contribution in [0, 0.1) is 5.92 Å². The number of hydrogen-bond acceptors (Lipinski definition) is 8. The van der Waals surface area contributed by atoms with Gasteiger partial charge in [0.25, 0.3) is 0 Å². The quantitative estimate of drug-likeness (QED) is 0.159. The number of phenolic OH excluding ortho intramolecular Hbond substituents is 1. The van der Waals surface area contributed by atoms with Crippen LogP contribution in [0.2, 0.25) is 0 Å². The van der Waals surface area contributed by atoms with Gasteiger partial charge in [0.1, 0.15) is 23.9 Å². The third-order valence-corrected chi connectivity index (χ3v) is 5.38. The molecular weight excluding hydrogens is 448 g/mol. The van der Waals surface area contributed by atoms with Gasteiger partial charge >= 0.3 is 5.97 Å². The molecule has 0 radical (unpaired) electrons. The Balaban J connectivity index is 2.82. The van der Waals surface area contributed by atoms with Gasteiger partial charge in [0, 0.05) is 0 Å². The van der Waals surface area contributed by atoms with E-state index in [4.69, 9.17) is 5.73 Å². The zero-order valence-corrected chi connectivity index (χ0v) is 19.4. The molecule has 0 bridgehead atoms. The number of nitrogens with one attached hydrogen (secondary N) is 3. The molecule has 0 heterocycles. The van der Waals surface area contributed by atoms with Gasteiger partial charge in [-0.1, -0.05) is 32.4 Å². The largest absolute Gasteiger partial charge is 0.508 e. The molecule has 1 rings (SSSR count). The molecule has 34 heavy (non-hydrogen) atoms. The molecule has 0 aromatic heterocycles. The second-order valence-corrected chi connectivity index (χ2v) is 8.16. The summed E-state index contributed by atoms with van der Waals surface area (Å²) in [5.41, 5.74) is 6.52. The second-order valence-electron chi connectivity index (χ2n) is 8.16. The van der Waals surface area contributed by atoms with E-state index in [2.05, 4.69) is 16.0 Å². The standard InChI is InChI=1S/C22H34N4O8/c1-4-11(2)17(22(33)34)25-21(32)18(12(3)28)26-20(31)16(10-27)24-19(30)15(23)9-13-5-7-14(29)8-6-13/h5-8,11-12,15-18,27-29H,4,9-10,23H2,1-3H3,(H,24,30)(H,25,32)(H,26,31)(H,33,34). The molecule has 6 atom stereocenters. The second kappa shape index (κ2) is 13.5. The molecule has 6 unspecified atom stereocenters. The van der Waals surface area contributed by atoms with Gasteiger partial charge in [-0.15, -0.1) is 0 Å². The summed E-state index contributed by atoms with van der Waals surface area (Å²) >= 11 is 0. The van der Waals surface area contributed by atoms with E-state index in [0.29, 0.717) is 12.0 Å². The Labute approximate surface area is 197 Å². The summed E-state index contributed by atoms with van der Waals surface area (Å²) in [5.74, 6) is -4.27. The van der Waals surface area contributed by atoms with E-state index in [9.17, 15) is 39.6 Å². The van der Waals surface area contributed by atoms with Crippen molar-refractivity contribution >= 4 is 23.7 Å². The molecule has 0 aliphatic carbocycles. The number of phenols is 1. The Hall–Kier alpha value is -3.22. The third-order valence-electron chi connectivity index (χ3n) is 5.38. The summed E-state index contributed by atoms with van der Waals surface area (Å²) in [6, 6.07) is 0.703. The van der Waals surface area contributed by atoms with Gasteiger partial charge in [0.2, 0.25) is 17.7 Å². The highest BCUT2D eigenvalue weighted by atomic mass is 16.4. The zero-order chi connectivity index (χ0) is 26.0. The number of hydrogen-bond donors (Lipinski definition) is 8. The fourth-order valence-electron chi connectivity index (χ4n) is 3.04. The van der Waals surface area contributed by atoms with E-state index in [1.54, 1.807) is 26.0 Å². The van der Waals surface area contributed by atoms with Crippen LogP contribution in [0.4, 0.5) is 0 Å². The van der Waals surface area contributed by atoms with Crippen LogP contribution in [0.25, 0.3) is 0 Å². The fourth-order valence-corrected chi connectivity index (χ4v) is 3.04. The number of aromatic hydroxyl groups is 1. The van der Waals surface area contributed by atoms with Crippen LogP contribution >= 0.6 is 0 Å². The van der Waals surface area contributed by atoms with Crippen LogP contribution in [0.15, 0.2) is 24.3 Å².